The number of carbonyl (C=O) groups is 2. The van der Waals surface area contributed by atoms with Gasteiger partial charge in [0, 0.05) is 16.7 Å². The van der Waals surface area contributed by atoms with Gasteiger partial charge in [-0.15, -0.1) is 11.8 Å². The highest BCUT2D eigenvalue weighted by Crippen LogP contribution is 2.31. The molecule has 3 rings (SSSR count). The van der Waals surface area contributed by atoms with Crippen molar-refractivity contribution in [1.29, 1.82) is 0 Å². The van der Waals surface area contributed by atoms with Crippen LogP contribution >= 0.6 is 11.8 Å². The summed E-state index contributed by atoms with van der Waals surface area (Å²) in [6.07, 6.45) is 2.51. The lowest BCUT2D eigenvalue weighted by Gasteiger charge is -2.28. The summed E-state index contributed by atoms with van der Waals surface area (Å²) >= 11 is 1.56. The normalized spacial score (nSPS) is 12.5. The minimum Gasteiger partial charge on any atom is -0.505 e. The van der Waals surface area contributed by atoms with Gasteiger partial charge in [0.05, 0.1) is 0 Å². The molecular formula is C27H27FN2O6S. The lowest BCUT2D eigenvalue weighted by molar-refractivity contribution is -0.124. The fourth-order valence-corrected chi connectivity index (χ4v) is 3.84. The van der Waals surface area contributed by atoms with Crippen LogP contribution in [-0.2, 0) is 9.53 Å². The van der Waals surface area contributed by atoms with E-state index in [1.165, 1.54) is 23.7 Å². The number of hydrogen-bond acceptors (Lipinski definition) is 7. The predicted molar refractivity (Wildman–Crippen MR) is 138 cm³/mol. The lowest BCUT2D eigenvalue weighted by atomic mass is 9.99. The Morgan fingerprint density at radius 1 is 1.08 bits per heavy atom. The van der Waals surface area contributed by atoms with Crippen LogP contribution in [0.1, 0.15) is 24.5 Å². The third kappa shape index (κ3) is 8.55. The number of carbonyl (C=O) groups excluding carboxylic acids is 2. The molecule has 10 heteroatoms. The van der Waals surface area contributed by atoms with Crippen LogP contribution in [0.4, 0.5) is 14.9 Å². The number of phenols is 1. The number of anilines is 1. The van der Waals surface area contributed by atoms with E-state index >= 15 is 0 Å². The largest absolute Gasteiger partial charge is 0.505 e. The number of allylic oxidation sites excluding steroid dienone is 1. The van der Waals surface area contributed by atoms with Crippen molar-refractivity contribution in [2.24, 2.45) is 0 Å². The van der Waals surface area contributed by atoms with Gasteiger partial charge in [0.25, 0.3) is 5.91 Å². The highest BCUT2D eigenvalue weighted by atomic mass is 32.2. The second-order valence-electron chi connectivity index (χ2n) is 7.82. The third-order valence-corrected chi connectivity index (χ3v) is 5.98. The van der Waals surface area contributed by atoms with Gasteiger partial charge in [-0.05, 0) is 73.2 Å². The smallest absolute Gasteiger partial charge is 0.412 e. The van der Waals surface area contributed by atoms with Gasteiger partial charge in [-0.1, -0.05) is 30.3 Å². The summed E-state index contributed by atoms with van der Waals surface area (Å²) in [5.74, 6) is -1.62. The number of ether oxygens (including phenoxy) is 2. The van der Waals surface area contributed by atoms with Crippen LogP contribution in [0.3, 0.4) is 0 Å². The first-order valence-electron chi connectivity index (χ1n) is 11.3. The monoisotopic (exact) mass is 526 g/mol. The summed E-state index contributed by atoms with van der Waals surface area (Å²) < 4.78 is 26.2. The summed E-state index contributed by atoms with van der Waals surface area (Å²) in [7, 11) is 0. The number of benzene rings is 3. The maximum Gasteiger partial charge on any atom is 0.412 e. The number of nitrogens with one attached hydrogen (secondary N) is 2. The van der Waals surface area contributed by atoms with Crippen molar-refractivity contribution >= 4 is 29.4 Å². The van der Waals surface area contributed by atoms with Crippen LogP contribution in [0.25, 0.3) is 0 Å². The van der Waals surface area contributed by atoms with Crippen molar-refractivity contribution < 1.29 is 33.8 Å². The molecule has 0 heterocycles. The molecule has 0 spiro atoms. The molecule has 0 radical (unpaired) electrons. The first-order valence-corrected chi connectivity index (χ1v) is 12.5. The molecule has 0 saturated heterocycles. The third-order valence-electron chi connectivity index (χ3n) is 5.24. The number of hydroxylamine groups is 1. The standard InChI is InChI=1S/C27H27FN2O6S/c1-37-21-14-12-19(13-15-21)29-27(33)36-26(18-11-16-23(31)22(28)17-18)24(9-5-6-10-25(32)30-34)35-20-7-3-2-4-8-20/h2-4,6-8,10-17,24,26,31,34H,5,9H2,1H3,(H,29,33)(H,30,32)/b10-6+/t24-,26-/m0/s1. The van der Waals surface area contributed by atoms with Crippen molar-refractivity contribution in [2.45, 2.75) is 29.9 Å². The Balaban J connectivity index is 1.88. The van der Waals surface area contributed by atoms with E-state index in [9.17, 15) is 19.1 Å². The zero-order valence-corrected chi connectivity index (χ0v) is 20.8. The molecule has 2 atom stereocenters. The number of hydrogen-bond donors (Lipinski definition) is 4. The van der Waals surface area contributed by atoms with E-state index in [2.05, 4.69) is 5.32 Å². The van der Waals surface area contributed by atoms with Gasteiger partial charge in [0.15, 0.2) is 17.7 Å². The second-order valence-corrected chi connectivity index (χ2v) is 8.70. The molecule has 2 amide bonds. The Kier molecular flexibility index (Phi) is 10.4. The van der Waals surface area contributed by atoms with Crippen molar-refractivity contribution in [3.63, 3.8) is 0 Å². The molecule has 0 bridgehead atoms. The molecule has 0 unspecified atom stereocenters. The Labute approximate surface area is 218 Å². The van der Waals surface area contributed by atoms with Crippen molar-refractivity contribution in [1.82, 2.24) is 5.48 Å². The van der Waals surface area contributed by atoms with Crippen molar-refractivity contribution in [3.05, 3.63) is 96.3 Å². The minimum atomic E-state index is -1.08. The van der Waals surface area contributed by atoms with Gasteiger partial charge in [-0.2, -0.15) is 0 Å². The molecule has 37 heavy (non-hydrogen) atoms. The van der Waals surface area contributed by atoms with Crippen LogP contribution in [-0.4, -0.2) is 34.7 Å². The molecule has 0 aromatic heterocycles. The lowest BCUT2D eigenvalue weighted by Crippen LogP contribution is -2.31. The summed E-state index contributed by atoms with van der Waals surface area (Å²) in [5, 5.41) is 21.0. The van der Waals surface area contributed by atoms with Crippen LogP contribution in [0, 0.1) is 5.82 Å². The SMILES string of the molecule is CSc1ccc(NC(=O)O[C@@H](c2ccc(O)c(F)c2)[C@H](CC/C=C/C(=O)NO)Oc2ccccc2)cc1. The number of para-hydroxylation sites is 1. The van der Waals surface area contributed by atoms with E-state index in [0.29, 0.717) is 17.9 Å². The van der Waals surface area contributed by atoms with Gasteiger partial charge in [-0.25, -0.2) is 14.7 Å². The van der Waals surface area contributed by atoms with Gasteiger partial charge in [0.2, 0.25) is 0 Å². The molecule has 4 N–H and O–H groups in total. The zero-order chi connectivity index (χ0) is 26.6. The van der Waals surface area contributed by atoms with E-state index in [4.69, 9.17) is 14.7 Å². The molecule has 0 saturated carbocycles. The molecule has 0 fully saturated rings. The molecule has 8 nitrogen and oxygen atoms in total. The van der Waals surface area contributed by atoms with Crippen LogP contribution in [0.5, 0.6) is 11.5 Å². The number of thioether (sulfide) groups is 1. The second kappa shape index (κ2) is 13.9. The Bertz CT molecular complexity index is 1210. The van der Waals surface area contributed by atoms with E-state index in [-0.39, 0.29) is 12.0 Å². The number of halogens is 1. The highest BCUT2D eigenvalue weighted by Gasteiger charge is 2.30. The van der Waals surface area contributed by atoms with Gasteiger partial charge >= 0.3 is 6.09 Å². The quantitative estimate of drug-likeness (QED) is 0.107. The van der Waals surface area contributed by atoms with Gasteiger partial charge < -0.3 is 14.6 Å². The van der Waals surface area contributed by atoms with Crippen molar-refractivity contribution in [3.8, 4) is 11.5 Å². The average Bonchev–Trinajstić information content (AvgIpc) is 2.91. The molecule has 3 aromatic rings. The topological polar surface area (TPSA) is 117 Å². The summed E-state index contributed by atoms with van der Waals surface area (Å²) in [4.78, 5) is 25.2. The number of phenolic OH excluding ortho intramolecular Hbond substituents is 1. The molecule has 0 aliphatic rings. The van der Waals surface area contributed by atoms with Crippen molar-refractivity contribution in [2.75, 3.05) is 11.6 Å². The Morgan fingerprint density at radius 3 is 2.46 bits per heavy atom. The maximum atomic E-state index is 14.3. The average molecular weight is 527 g/mol. The Morgan fingerprint density at radius 2 is 1.81 bits per heavy atom. The van der Waals surface area contributed by atoms with Crippen LogP contribution < -0.4 is 15.5 Å². The summed E-state index contributed by atoms with van der Waals surface area (Å²) in [6, 6.07) is 19.7. The number of rotatable bonds is 11. The molecule has 194 valence electrons. The first kappa shape index (κ1) is 27.6. The van der Waals surface area contributed by atoms with Gasteiger partial charge in [-0.3, -0.25) is 15.3 Å². The maximum absolute atomic E-state index is 14.3. The summed E-state index contributed by atoms with van der Waals surface area (Å²) in [5.41, 5.74) is 2.28. The highest BCUT2D eigenvalue weighted by molar-refractivity contribution is 7.98. The molecule has 0 aliphatic heterocycles. The van der Waals surface area contributed by atoms with E-state index < -0.39 is 35.8 Å². The van der Waals surface area contributed by atoms with Crippen LogP contribution in [0.2, 0.25) is 0 Å². The minimum absolute atomic E-state index is 0.257. The first-order chi connectivity index (χ1) is 17.9. The van der Waals surface area contributed by atoms with E-state index in [1.807, 2.05) is 24.5 Å². The number of amides is 2. The predicted octanol–water partition coefficient (Wildman–Crippen LogP) is 5.83. The fourth-order valence-electron chi connectivity index (χ4n) is 3.43. The Hall–Kier alpha value is -4.02. The number of aromatic hydroxyl groups is 1. The van der Waals surface area contributed by atoms with E-state index in [1.54, 1.807) is 48.2 Å². The van der Waals surface area contributed by atoms with Crippen LogP contribution in [0.15, 0.2) is 89.8 Å². The molecule has 0 aliphatic carbocycles. The zero-order valence-electron chi connectivity index (χ0n) is 20.0. The summed E-state index contributed by atoms with van der Waals surface area (Å²) in [6.45, 7) is 0. The van der Waals surface area contributed by atoms with E-state index in [0.717, 1.165) is 17.0 Å². The van der Waals surface area contributed by atoms with Gasteiger partial charge in [0.1, 0.15) is 11.9 Å². The fraction of sp³-hybridized carbons (Fsp3) is 0.185. The molecule has 3 aromatic carbocycles. The molecular weight excluding hydrogens is 499 g/mol.